The lowest BCUT2D eigenvalue weighted by Gasteiger charge is -2.27. The molecular weight excluding hydrogens is 418 g/mol. The van der Waals surface area contributed by atoms with E-state index in [2.05, 4.69) is 11.9 Å². The molecule has 0 saturated carbocycles. The second kappa shape index (κ2) is 11.2. The normalized spacial score (nSPS) is 15.9. The zero-order valence-corrected chi connectivity index (χ0v) is 20.1. The van der Waals surface area contributed by atoms with E-state index < -0.39 is 11.7 Å². The maximum atomic E-state index is 12.7. The number of hydrogen-bond donors (Lipinski definition) is 0. The smallest absolute Gasteiger partial charge is 0.416 e. The summed E-state index contributed by atoms with van der Waals surface area (Å²) >= 11 is 0. The molecule has 1 aliphatic heterocycles. The summed E-state index contributed by atoms with van der Waals surface area (Å²) in [6, 6.07) is 13.4. The second-order valence-electron chi connectivity index (χ2n) is 9.33. The second-order valence-corrected chi connectivity index (χ2v) is 9.33. The van der Waals surface area contributed by atoms with Crippen LogP contribution in [0.4, 0.5) is 15.4 Å². The maximum Gasteiger partial charge on any atom is 0.416 e. The molecule has 2 aromatic rings. The van der Waals surface area contributed by atoms with Gasteiger partial charge >= 0.3 is 12.2 Å². The minimum absolute atomic E-state index is 0.0829. The number of nitrogens with zero attached hydrogens (tertiary/aromatic N) is 3. The number of carbonyl (C=O) groups is 2. The summed E-state index contributed by atoms with van der Waals surface area (Å²) in [5, 5.41) is 0. The Labute approximate surface area is 196 Å². The van der Waals surface area contributed by atoms with E-state index >= 15 is 0 Å². The number of benzene rings is 1. The molecule has 1 aliphatic rings. The number of anilines is 1. The molecule has 7 nitrogen and oxygen atoms in total. The van der Waals surface area contributed by atoms with Crippen LogP contribution in [-0.4, -0.2) is 40.8 Å². The van der Waals surface area contributed by atoms with Crippen LogP contribution in [0.2, 0.25) is 0 Å². The van der Waals surface area contributed by atoms with Crippen molar-refractivity contribution in [1.29, 1.82) is 0 Å². The van der Waals surface area contributed by atoms with Crippen LogP contribution in [-0.2, 0) is 16.1 Å². The Morgan fingerprint density at radius 3 is 2.55 bits per heavy atom. The fraction of sp³-hybridized carbons (Fsp3) is 0.500. The zero-order valence-electron chi connectivity index (χ0n) is 20.1. The standard InChI is InChI=1S/C26H35N3O4/c1-5-6-16-29(25(31)33-26(2,3)4)23-15-14-21(18-27-23)22-13-10-17-28(22)24(30)32-19-20-11-8-7-9-12-20/h7-9,11-12,14-15,18,22H,5-6,10,13,16-17,19H2,1-4H3/t22-/m0/s1. The van der Waals surface area contributed by atoms with Gasteiger partial charge in [0.05, 0.1) is 6.04 Å². The number of unbranched alkanes of at least 4 members (excludes halogenated alkanes) is 1. The van der Waals surface area contributed by atoms with E-state index in [1.165, 1.54) is 0 Å². The van der Waals surface area contributed by atoms with Crippen molar-refractivity contribution in [3.63, 3.8) is 0 Å². The summed E-state index contributed by atoms with van der Waals surface area (Å²) in [5.41, 5.74) is 1.32. The molecule has 0 unspecified atom stereocenters. The van der Waals surface area contributed by atoms with E-state index in [1.54, 1.807) is 16.0 Å². The SMILES string of the molecule is CCCCN(C(=O)OC(C)(C)C)c1ccc([C@@H]2CCCN2C(=O)OCc2ccccc2)cn1. The molecule has 1 saturated heterocycles. The Hall–Kier alpha value is -3.09. The molecule has 2 heterocycles. The highest BCUT2D eigenvalue weighted by atomic mass is 16.6. The molecule has 0 bridgehead atoms. The molecule has 33 heavy (non-hydrogen) atoms. The van der Waals surface area contributed by atoms with E-state index in [0.717, 1.165) is 36.8 Å². The van der Waals surface area contributed by atoms with Crippen molar-refractivity contribution in [1.82, 2.24) is 9.88 Å². The van der Waals surface area contributed by atoms with Crippen LogP contribution >= 0.6 is 0 Å². The topological polar surface area (TPSA) is 72.0 Å². The Bertz CT molecular complexity index is 909. The van der Waals surface area contributed by atoms with Gasteiger partial charge in [0.2, 0.25) is 0 Å². The van der Waals surface area contributed by atoms with Crippen LogP contribution in [0.3, 0.4) is 0 Å². The number of amides is 2. The number of hydrogen-bond acceptors (Lipinski definition) is 5. The van der Waals surface area contributed by atoms with Gasteiger partial charge in [0, 0.05) is 19.3 Å². The monoisotopic (exact) mass is 453 g/mol. The van der Waals surface area contributed by atoms with Gasteiger partial charge in [0.1, 0.15) is 18.0 Å². The van der Waals surface area contributed by atoms with Crippen LogP contribution in [0.5, 0.6) is 0 Å². The van der Waals surface area contributed by atoms with E-state index in [4.69, 9.17) is 9.47 Å². The number of aromatic nitrogens is 1. The number of likely N-dealkylation sites (tertiary alicyclic amines) is 1. The molecule has 1 atom stereocenters. The van der Waals surface area contributed by atoms with Crippen LogP contribution in [0.1, 0.15) is 70.5 Å². The average Bonchev–Trinajstić information content (AvgIpc) is 3.28. The van der Waals surface area contributed by atoms with Gasteiger partial charge in [0.25, 0.3) is 0 Å². The van der Waals surface area contributed by atoms with Crippen LogP contribution < -0.4 is 4.90 Å². The maximum absolute atomic E-state index is 12.7. The third-order valence-electron chi connectivity index (χ3n) is 5.47. The summed E-state index contributed by atoms with van der Waals surface area (Å²) in [5.74, 6) is 0.553. The highest BCUT2D eigenvalue weighted by Crippen LogP contribution is 2.33. The lowest BCUT2D eigenvalue weighted by Crippen LogP contribution is -2.38. The molecule has 0 aliphatic carbocycles. The summed E-state index contributed by atoms with van der Waals surface area (Å²) in [6.45, 7) is 9.08. The number of pyridine rings is 1. The third kappa shape index (κ3) is 6.94. The van der Waals surface area contributed by atoms with Crippen LogP contribution in [0.25, 0.3) is 0 Å². The highest BCUT2D eigenvalue weighted by Gasteiger charge is 2.32. The van der Waals surface area contributed by atoms with Gasteiger partial charge in [-0.05, 0) is 57.2 Å². The summed E-state index contributed by atoms with van der Waals surface area (Å²) in [6.07, 6.45) is 4.62. The van der Waals surface area contributed by atoms with Gasteiger partial charge in [-0.25, -0.2) is 14.6 Å². The molecule has 0 spiro atoms. The van der Waals surface area contributed by atoms with E-state index in [9.17, 15) is 9.59 Å². The third-order valence-corrected chi connectivity index (χ3v) is 5.47. The van der Waals surface area contributed by atoms with Crippen molar-refractivity contribution < 1.29 is 19.1 Å². The molecule has 0 N–H and O–H groups in total. The predicted molar refractivity (Wildman–Crippen MR) is 128 cm³/mol. The van der Waals surface area contributed by atoms with Gasteiger partial charge in [-0.1, -0.05) is 49.7 Å². The summed E-state index contributed by atoms with van der Waals surface area (Å²) in [4.78, 5) is 33.4. The minimum Gasteiger partial charge on any atom is -0.445 e. The molecule has 1 aromatic carbocycles. The van der Waals surface area contributed by atoms with Gasteiger partial charge < -0.3 is 14.4 Å². The van der Waals surface area contributed by atoms with E-state index in [-0.39, 0.29) is 18.7 Å². The van der Waals surface area contributed by atoms with E-state index in [1.807, 2.05) is 63.2 Å². The van der Waals surface area contributed by atoms with Crippen molar-refractivity contribution in [3.8, 4) is 0 Å². The number of rotatable bonds is 7. The van der Waals surface area contributed by atoms with Crippen molar-refractivity contribution in [2.45, 2.75) is 71.6 Å². The minimum atomic E-state index is -0.577. The van der Waals surface area contributed by atoms with Crippen LogP contribution in [0, 0.1) is 0 Å². The summed E-state index contributed by atoms with van der Waals surface area (Å²) in [7, 11) is 0. The highest BCUT2D eigenvalue weighted by molar-refractivity contribution is 5.86. The quantitative estimate of drug-likeness (QED) is 0.507. The zero-order chi connectivity index (χ0) is 23.8. The Kier molecular flexibility index (Phi) is 8.31. The Morgan fingerprint density at radius 1 is 1.15 bits per heavy atom. The Morgan fingerprint density at radius 2 is 1.91 bits per heavy atom. The molecule has 7 heteroatoms. The fourth-order valence-electron chi connectivity index (χ4n) is 3.82. The first kappa shape index (κ1) is 24.6. The number of ether oxygens (including phenoxy) is 2. The van der Waals surface area contributed by atoms with Gasteiger partial charge in [-0.3, -0.25) is 4.90 Å². The first-order valence-electron chi connectivity index (χ1n) is 11.7. The Balaban J connectivity index is 1.68. The van der Waals surface area contributed by atoms with Crippen molar-refractivity contribution in [2.24, 2.45) is 0 Å². The number of carbonyl (C=O) groups excluding carboxylic acids is 2. The lowest BCUT2D eigenvalue weighted by molar-refractivity contribution is 0.0578. The first-order valence-corrected chi connectivity index (χ1v) is 11.7. The largest absolute Gasteiger partial charge is 0.445 e. The molecule has 1 aromatic heterocycles. The van der Waals surface area contributed by atoms with Crippen molar-refractivity contribution >= 4 is 18.0 Å². The van der Waals surface area contributed by atoms with Crippen molar-refractivity contribution in [3.05, 3.63) is 59.8 Å². The van der Waals surface area contributed by atoms with Gasteiger partial charge in [-0.15, -0.1) is 0 Å². The fourth-order valence-corrected chi connectivity index (χ4v) is 3.82. The molecule has 3 rings (SSSR count). The molecule has 178 valence electrons. The molecule has 0 radical (unpaired) electrons. The predicted octanol–water partition coefficient (Wildman–Crippen LogP) is 6.10. The van der Waals surface area contributed by atoms with Crippen LogP contribution in [0.15, 0.2) is 48.7 Å². The molecule has 1 fully saturated rings. The van der Waals surface area contributed by atoms with Crippen molar-refractivity contribution in [2.75, 3.05) is 18.0 Å². The summed E-state index contributed by atoms with van der Waals surface area (Å²) < 4.78 is 11.1. The van der Waals surface area contributed by atoms with E-state index in [0.29, 0.717) is 18.9 Å². The van der Waals surface area contributed by atoms with Gasteiger partial charge in [0.15, 0.2) is 0 Å². The molecule has 2 amide bonds. The lowest BCUT2D eigenvalue weighted by atomic mass is 10.1. The average molecular weight is 454 g/mol. The first-order chi connectivity index (χ1) is 15.8. The molecular formula is C26H35N3O4. The van der Waals surface area contributed by atoms with Gasteiger partial charge in [-0.2, -0.15) is 0 Å².